The number of cyclic esters (lactones) is 1. The molecule has 3 heterocycles. The molecule has 0 saturated carbocycles. The molecule has 7 nitrogen and oxygen atoms in total. The highest BCUT2D eigenvalue weighted by molar-refractivity contribution is 5.89. The highest BCUT2D eigenvalue weighted by atomic mass is 16.6. The zero-order chi connectivity index (χ0) is 19.5. The Kier molecular flexibility index (Phi) is 5.34. The highest BCUT2D eigenvalue weighted by Crippen LogP contribution is 2.27. The van der Waals surface area contributed by atoms with Gasteiger partial charge in [0.15, 0.2) is 0 Å². The van der Waals surface area contributed by atoms with Crippen LogP contribution in [0.1, 0.15) is 29.4 Å². The monoisotopic (exact) mass is 383 g/mol. The van der Waals surface area contributed by atoms with Crippen molar-refractivity contribution in [3.63, 3.8) is 0 Å². The molecule has 4 rings (SSSR count). The molecule has 0 radical (unpaired) electrons. The van der Waals surface area contributed by atoms with Gasteiger partial charge in [-0.05, 0) is 37.1 Å². The van der Waals surface area contributed by atoms with Gasteiger partial charge in [0.05, 0.1) is 13.7 Å². The number of piperidine rings is 1. The van der Waals surface area contributed by atoms with Crippen molar-refractivity contribution in [3.8, 4) is 0 Å². The topological polar surface area (TPSA) is 64.0 Å². The van der Waals surface area contributed by atoms with Crippen LogP contribution in [0.15, 0.2) is 48.7 Å². The predicted molar refractivity (Wildman–Crippen MR) is 105 cm³/mol. The van der Waals surface area contributed by atoms with E-state index in [1.807, 2.05) is 47.2 Å². The molecule has 1 amide bonds. The van der Waals surface area contributed by atoms with Crippen molar-refractivity contribution in [1.82, 2.24) is 9.47 Å². The van der Waals surface area contributed by atoms with Gasteiger partial charge in [0.25, 0.3) is 0 Å². The number of benzene rings is 1. The number of amides is 1. The molecule has 2 fully saturated rings. The maximum absolute atomic E-state index is 12.2. The summed E-state index contributed by atoms with van der Waals surface area (Å²) in [6.07, 6.45) is 3.44. The van der Waals surface area contributed by atoms with Gasteiger partial charge < -0.3 is 14.0 Å². The fraction of sp³-hybridized carbons (Fsp3) is 0.429. The lowest BCUT2D eigenvalue weighted by molar-refractivity contribution is 0.0579. The number of carbonyl (C=O) groups is 2. The van der Waals surface area contributed by atoms with Gasteiger partial charge in [0.1, 0.15) is 11.8 Å². The van der Waals surface area contributed by atoms with Crippen molar-refractivity contribution >= 4 is 17.7 Å². The van der Waals surface area contributed by atoms with Crippen molar-refractivity contribution in [2.75, 3.05) is 38.2 Å². The van der Waals surface area contributed by atoms with Crippen LogP contribution in [0, 0.1) is 0 Å². The van der Waals surface area contributed by atoms with Crippen molar-refractivity contribution < 1.29 is 19.1 Å². The highest BCUT2D eigenvalue weighted by Gasteiger charge is 2.34. The lowest BCUT2D eigenvalue weighted by Crippen LogP contribution is -2.40. The Morgan fingerprint density at radius 3 is 2.61 bits per heavy atom. The molecule has 1 unspecified atom stereocenters. The van der Waals surface area contributed by atoms with Crippen molar-refractivity contribution in [3.05, 3.63) is 54.4 Å². The van der Waals surface area contributed by atoms with E-state index in [1.165, 1.54) is 7.11 Å². The van der Waals surface area contributed by atoms with E-state index in [9.17, 15) is 9.59 Å². The maximum Gasteiger partial charge on any atom is 0.414 e. The lowest BCUT2D eigenvalue weighted by Gasteiger charge is -2.34. The number of aromatic nitrogens is 1. The van der Waals surface area contributed by atoms with Crippen LogP contribution in [0.2, 0.25) is 0 Å². The third kappa shape index (κ3) is 3.75. The van der Waals surface area contributed by atoms with Crippen molar-refractivity contribution in [2.24, 2.45) is 0 Å². The van der Waals surface area contributed by atoms with Gasteiger partial charge in [-0.2, -0.15) is 0 Å². The van der Waals surface area contributed by atoms with E-state index in [1.54, 1.807) is 11.0 Å². The molecule has 0 spiro atoms. The Morgan fingerprint density at radius 2 is 1.89 bits per heavy atom. The summed E-state index contributed by atoms with van der Waals surface area (Å²) in [6, 6.07) is 13.6. The molecule has 2 aliphatic heterocycles. The van der Waals surface area contributed by atoms with E-state index in [2.05, 4.69) is 4.90 Å². The third-order valence-electron chi connectivity index (χ3n) is 5.53. The van der Waals surface area contributed by atoms with Crippen LogP contribution in [0.5, 0.6) is 0 Å². The number of methoxy groups -OCH3 is 1. The fourth-order valence-corrected chi connectivity index (χ4v) is 4.09. The number of hydrogen-bond acceptors (Lipinski definition) is 5. The average molecular weight is 383 g/mol. The van der Waals surface area contributed by atoms with Crippen LogP contribution >= 0.6 is 0 Å². The van der Waals surface area contributed by atoms with Crippen LogP contribution in [-0.4, -0.2) is 60.9 Å². The number of ether oxygens (including phenoxy) is 2. The molecule has 0 bridgehead atoms. The number of nitrogens with zero attached hydrogens (tertiary/aromatic N) is 3. The van der Waals surface area contributed by atoms with Crippen LogP contribution in [-0.2, 0) is 9.47 Å². The Morgan fingerprint density at radius 1 is 1.14 bits per heavy atom. The lowest BCUT2D eigenvalue weighted by atomic mass is 10.0. The smallest absolute Gasteiger partial charge is 0.414 e. The first kappa shape index (κ1) is 18.6. The molecule has 1 aromatic carbocycles. The molecule has 1 aromatic heterocycles. The van der Waals surface area contributed by atoms with Crippen molar-refractivity contribution in [2.45, 2.75) is 25.0 Å². The van der Waals surface area contributed by atoms with Gasteiger partial charge in [-0.25, -0.2) is 9.59 Å². The summed E-state index contributed by atoms with van der Waals surface area (Å²) in [7, 11) is 1.41. The normalized spacial score (nSPS) is 21.0. The summed E-state index contributed by atoms with van der Waals surface area (Å²) in [4.78, 5) is 28.1. The molecule has 2 saturated heterocycles. The first-order valence-electron chi connectivity index (χ1n) is 9.66. The third-order valence-corrected chi connectivity index (χ3v) is 5.53. The first-order chi connectivity index (χ1) is 13.7. The Hall–Kier alpha value is -2.80. The fourth-order valence-electron chi connectivity index (χ4n) is 4.09. The average Bonchev–Trinajstić information content (AvgIpc) is 3.35. The van der Waals surface area contributed by atoms with Crippen LogP contribution < -0.4 is 4.90 Å². The summed E-state index contributed by atoms with van der Waals surface area (Å²) >= 11 is 0. The van der Waals surface area contributed by atoms with Crippen LogP contribution in [0.25, 0.3) is 0 Å². The second-order valence-electron chi connectivity index (χ2n) is 7.28. The summed E-state index contributed by atoms with van der Waals surface area (Å²) in [5.74, 6) is -0.300. The van der Waals surface area contributed by atoms with Gasteiger partial charge in [-0.1, -0.05) is 18.2 Å². The minimum absolute atomic E-state index is 0.124. The molecule has 2 aromatic rings. The largest absolute Gasteiger partial charge is 0.464 e. The zero-order valence-corrected chi connectivity index (χ0v) is 16.0. The number of likely N-dealkylation sites (tertiary alicyclic amines) is 1. The quantitative estimate of drug-likeness (QED) is 0.743. The molecule has 28 heavy (non-hydrogen) atoms. The second-order valence-corrected chi connectivity index (χ2v) is 7.28. The minimum atomic E-state index is -0.300. The summed E-state index contributed by atoms with van der Waals surface area (Å²) in [6.45, 7) is 3.12. The Balaban J connectivity index is 1.31. The van der Waals surface area contributed by atoms with E-state index < -0.39 is 0 Å². The summed E-state index contributed by atoms with van der Waals surface area (Å²) in [5, 5.41) is 0. The standard InChI is InChI=1S/C21H25N3O4/c1-27-20(25)19-8-5-11-23(19)17-9-12-22(13-10-17)14-18-15-24(21(26)28-18)16-6-3-2-4-7-16/h2-8,11,17-18H,9-10,12-15H2,1H3. The molecule has 0 aliphatic carbocycles. The van der Waals surface area contributed by atoms with E-state index >= 15 is 0 Å². The van der Waals surface area contributed by atoms with Crippen LogP contribution in [0.4, 0.5) is 10.5 Å². The maximum atomic E-state index is 12.2. The van der Waals surface area contributed by atoms with Gasteiger partial charge in [-0.15, -0.1) is 0 Å². The van der Waals surface area contributed by atoms with Crippen molar-refractivity contribution in [1.29, 1.82) is 0 Å². The molecule has 1 atom stereocenters. The van der Waals surface area contributed by atoms with Gasteiger partial charge in [0.2, 0.25) is 0 Å². The second kappa shape index (κ2) is 8.06. The molecule has 7 heteroatoms. The van der Waals surface area contributed by atoms with Crippen LogP contribution in [0.3, 0.4) is 0 Å². The summed E-state index contributed by atoms with van der Waals surface area (Å²) < 4.78 is 12.5. The van der Waals surface area contributed by atoms with Gasteiger partial charge in [-0.3, -0.25) is 9.80 Å². The number of anilines is 1. The molecule has 2 aliphatic rings. The number of esters is 1. The van der Waals surface area contributed by atoms with E-state index in [4.69, 9.17) is 9.47 Å². The van der Waals surface area contributed by atoms with Gasteiger partial charge >= 0.3 is 12.1 Å². The van der Waals surface area contributed by atoms with Gasteiger partial charge in [0, 0.05) is 37.6 Å². The predicted octanol–water partition coefficient (Wildman–Crippen LogP) is 2.94. The zero-order valence-electron chi connectivity index (χ0n) is 16.0. The molecular formula is C21H25N3O4. The number of carbonyl (C=O) groups excluding carboxylic acids is 2. The first-order valence-corrected chi connectivity index (χ1v) is 9.66. The van der Waals surface area contributed by atoms with E-state index in [-0.39, 0.29) is 24.2 Å². The molecule has 148 valence electrons. The number of hydrogen-bond donors (Lipinski definition) is 0. The number of para-hydroxylation sites is 1. The summed E-state index contributed by atoms with van der Waals surface area (Å²) in [5.41, 5.74) is 1.47. The van der Waals surface area contributed by atoms with E-state index in [0.29, 0.717) is 12.2 Å². The Bertz CT molecular complexity index is 827. The SMILES string of the molecule is COC(=O)c1cccn1C1CCN(CC2CN(c3ccccc3)C(=O)O2)CC1. The molecular weight excluding hydrogens is 358 g/mol. The van der Waals surface area contributed by atoms with E-state index in [0.717, 1.165) is 38.2 Å². The molecule has 0 N–H and O–H groups in total. The Labute approximate surface area is 164 Å². The minimum Gasteiger partial charge on any atom is -0.464 e. The number of rotatable bonds is 5.